The van der Waals surface area contributed by atoms with Crippen LogP contribution in [0.5, 0.6) is 5.88 Å². The van der Waals surface area contributed by atoms with E-state index in [-0.39, 0.29) is 5.41 Å². The first kappa shape index (κ1) is 13.7. The van der Waals surface area contributed by atoms with Crippen LogP contribution in [0.4, 0.5) is 5.82 Å². The van der Waals surface area contributed by atoms with Gasteiger partial charge in [0, 0.05) is 26.3 Å². The van der Waals surface area contributed by atoms with Crippen molar-refractivity contribution in [3.8, 4) is 5.88 Å². The molecule has 0 fully saturated rings. The number of aromatic nitrogens is 2. The SMILES string of the molecule is COCCC(C)(C)CNc1cc(OC)ncn1. The molecule has 0 saturated heterocycles. The van der Waals surface area contributed by atoms with Gasteiger partial charge in [-0.05, 0) is 11.8 Å². The summed E-state index contributed by atoms with van der Waals surface area (Å²) in [4.78, 5) is 8.10. The highest BCUT2D eigenvalue weighted by atomic mass is 16.5. The first-order valence-electron chi connectivity index (χ1n) is 5.66. The summed E-state index contributed by atoms with van der Waals surface area (Å²) in [6.07, 6.45) is 2.49. The molecule has 0 atom stereocenters. The summed E-state index contributed by atoms with van der Waals surface area (Å²) in [5.74, 6) is 1.35. The lowest BCUT2D eigenvalue weighted by Crippen LogP contribution is -2.25. The Labute approximate surface area is 103 Å². The first-order valence-corrected chi connectivity index (χ1v) is 5.66. The molecule has 0 saturated carbocycles. The fourth-order valence-electron chi connectivity index (χ4n) is 1.34. The number of rotatable bonds is 7. The van der Waals surface area contributed by atoms with Crippen LogP contribution < -0.4 is 10.1 Å². The Balaban J connectivity index is 2.48. The van der Waals surface area contributed by atoms with Crippen LogP contribution >= 0.6 is 0 Å². The second-order valence-corrected chi connectivity index (χ2v) is 4.71. The summed E-state index contributed by atoms with van der Waals surface area (Å²) in [6.45, 7) is 5.98. The lowest BCUT2D eigenvalue weighted by Gasteiger charge is -2.24. The van der Waals surface area contributed by atoms with E-state index in [2.05, 4.69) is 29.1 Å². The molecular formula is C12H21N3O2. The molecule has 1 heterocycles. The minimum atomic E-state index is 0.161. The van der Waals surface area contributed by atoms with Gasteiger partial charge in [0.2, 0.25) is 5.88 Å². The highest BCUT2D eigenvalue weighted by molar-refractivity contribution is 5.37. The summed E-state index contributed by atoms with van der Waals surface area (Å²) in [7, 11) is 3.31. The summed E-state index contributed by atoms with van der Waals surface area (Å²) in [6, 6.07) is 1.78. The maximum atomic E-state index is 5.09. The predicted molar refractivity (Wildman–Crippen MR) is 67.3 cm³/mol. The topological polar surface area (TPSA) is 56.3 Å². The van der Waals surface area contributed by atoms with Gasteiger partial charge < -0.3 is 14.8 Å². The Morgan fingerprint density at radius 2 is 2.06 bits per heavy atom. The van der Waals surface area contributed by atoms with Crippen molar-refractivity contribution in [2.75, 3.05) is 32.7 Å². The van der Waals surface area contributed by atoms with Crippen LogP contribution in [-0.2, 0) is 4.74 Å². The van der Waals surface area contributed by atoms with E-state index in [1.54, 1.807) is 20.3 Å². The molecular weight excluding hydrogens is 218 g/mol. The van der Waals surface area contributed by atoms with Crippen LogP contribution in [0, 0.1) is 5.41 Å². The van der Waals surface area contributed by atoms with Gasteiger partial charge in [0.15, 0.2) is 0 Å². The van der Waals surface area contributed by atoms with E-state index in [9.17, 15) is 0 Å². The third-order valence-electron chi connectivity index (χ3n) is 2.58. The van der Waals surface area contributed by atoms with E-state index in [4.69, 9.17) is 9.47 Å². The van der Waals surface area contributed by atoms with Crippen molar-refractivity contribution >= 4 is 5.82 Å². The molecule has 0 spiro atoms. The van der Waals surface area contributed by atoms with Gasteiger partial charge >= 0.3 is 0 Å². The van der Waals surface area contributed by atoms with Gasteiger partial charge in [-0.15, -0.1) is 0 Å². The Morgan fingerprint density at radius 1 is 1.29 bits per heavy atom. The van der Waals surface area contributed by atoms with Crippen LogP contribution in [0.15, 0.2) is 12.4 Å². The Kier molecular flexibility index (Phi) is 5.15. The fraction of sp³-hybridized carbons (Fsp3) is 0.667. The van der Waals surface area contributed by atoms with Gasteiger partial charge in [0.05, 0.1) is 7.11 Å². The van der Waals surface area contributed by atoms with E-state index in [1.165, 1.54) is 6.33 Å². The van der Waals surface area contributed by atoms with E-state index in [1.807, 2.05) is 0 Å². The van der Waals surface area contributed by atoms with Crippen molar-refractivity contribution in [1.82, 2.24) is 9.97 Å². The van der Waals surface area contributed by atoms with Gasteiger partial charge in [-0.1, -0.05) is 13.8 Å². The average molecular weight is 239 g/mol. The number of anilines is 1. The molecule has 0 aliphatic rings. The van der Waals surface area contributed by atoms with Crippen molar-refractivity contribution in [1.29, 1.82) is 0 Å². The summed E-state index contributed by atoms with van der Waals surface area (Å²) in [5.41, 5.74) is 0.161. The minimum absolute atomic E-state index is 0.161. The fourth-order valence-corrected chi connectivity index (χ4v) is 1.34. The quantitative estimate of drug-likeness (QED) is 0.788. The van der Waals surface area contributed by atoms with Gasteiger partial charge in [0.1, 0.15) is 12.1 Å². The van der Waals surface area contributed by atoms with Gasteiger partial charge in [-0.3, -0.25) is 0 Å². The lowest BCUT2D eigenvalue weighted by molar-refractivity contribution is 0.157. The van der Waals surface area contributed by atoms with E-state index < -0.39 is 0 Å². The highest BCUT2D eigenvalue weighted by Crippen LogP contribution is 2.21. The molecule has 1 aromatic heterocycles. The third-order valence-corrected chi connectivity index (χ3v) is 2.58. The monoisotopic (exact) mass is 239 g/mol. The van der Waals surface area contributed by atoms with Crippen molar-refractivity contribution < 1.29 is 9.47 Å². The van der Waals surface area contributed by atoms with Gasteiger partial charge in [0.25, 0.3) is 0 Å². The molecule has 0 bridgehead atoms. The molecule has 1 N–H and O–H groups in total. The number of ether oxygens (including phenoxy) is 2. The van der Waals surface area contributed by atoms with E-state index in [0.29, 0.717) is 5.88 Å². The molecule has 5 nitrogen and oxygen atoms in total. The molecule has 5 heteroatoms. The number of methoxy groups -OCH3 is 2. The smallest absolute Gasteiger partial charge is 0.218 e. The highest BCUT2D eigenvalue weighted by Gasteiger charge is 2.17. The zero-order chi connectivity index (χ0) is 12.7. The molecule has 0 aromatic carbocycles. The maximum absolute atomic E-state index is 5.09. The summed E-state index contributed by atoms with van der Waals surface area (Å²) >= 11 is 0. The first-order chi connectivity index (χ1) is 8.07. The molecule has 0 amide bonds. The van der Waals surface area contributed by atoms with Crippen LogP contribution in [0.25, 0.3) is 0 Å². The molecule has 1 rings (SSSR count). The largest absolute Gasteiger partial charge is 0.481 e. The molecule has 1 aromatic rings. The number of hydrogen-bond acceptors (Lipinski definition) is 5. The maximum Gasteiger partial charge on any atom is 0.218 e. The number of nitrogens with zero attached hydrogens (tertiary/aromatic N) is 2. The molecule has 0 aliphatic carbocycles. The Hall–Kier alpha value is -1.36. The zero-order valence-electron chi connectivity index (χ0n) is 11.0. The lowest BCUT2D eigenvalue weighted by atomic mass is 9.90. The Morgan fingerprint density at radius 3 is 2.71 bits per heavy atom. The van der Waals surface area contributed by atoms with E-state index in [0.717, 1.165) is 25.4 Å². The zero-order valence-corrected chi connectivity index (χ0v) is 11.0. The number of nitrogens with one attached hydrogen (secondary N) is 1. The third kappa shape index (κ3) is 4.99. The Bertz CT molecular complexity index is 342. The number of hydrogen-bond donors (Lipinski definition) is 1. The van der Waals surface area contributed by atoms with Crippen LogP contribution in [-0.4, -0.2) is 37.3 Å². The van der Waals surface area contributed by atoms with Crippen molar-refractivity contribution in [3.63, 3.8) is 0 Å². The standard InChI is InChI=1S/C12H21N3O2/c1-12(2,5-6-16-3)8-13-10-7-11(17-4)15-9-14-10/h7,9H,5-6,8H2,1-4H3,(H,13,14,15). The van der Waals surface area contributed by atoms with Crippen molar-refractivity contribution in [2.45, 2.75) is 20.3 Å². The average Bonchev–Trinajstić information content (AvgIpc) is 2.34. The normalized spacial score (nSPS) is 11.3. The molecule has 0 radical (unpaired) electrons. The minimum Gasteiger partial charge on any atom is -0.481 e. The molecule has 0 aliphatic heterocycles. The van der Waals surface area contributed by atoms with Crippen molar-refractivity contribution in [3.05, 3.63) is 12.4 Å². The van der Waals surface area contributed by atoms with Crippen LogP contribution in [0.2, 0.25) is 0 Å². The van der Waals surface area contributed by atoms with Gasteiger partial charge in [-0.25, -0.2) is 9.97 Å². The van der Waals surface area contributed by atoms with E-state index >= 15 is 0 Å². The van der Waals surface area contributed by atoms with Crippen molar-refractivity contribution in [2.24, 2.45) is 5.41 Å². The molecule has 0 unspecified atom stereocenters. The second-order valence-electron chi connectivity index (χ2n) is 4.71. The second kappa shape index (κ2) is 6.39. The summed E-state index contributed by atoms with van der Waals surface area (Å²) in [5, 5.41) is 3.28. The predicted octanol–water partition coefficient (Wildman–Crippen LogP) is 1.96. The molecule has 17 heavy (non-hydrogen) atoms. The molecule has 96 valence electrons. The van der Waals surface area contributed by atoms with Gasteiger partial charge in [-0.2, -0.15) is 0 Å². The summed E-state index contributed by atoms with van der Waals surface area (Å²) < 4.78 is 10.1. The van der Waals surface area contributed by atoms with Crippen LogP contribution in [0.3, 0.4) is 0 Å². The van der Waals surface area contributed by atoms with Crippen LogP contribution in [0.1, 0.15) is 20.3 Å².